The monoisotopic (exact) mass is 301 g/mol. The van der Waals surface area contributed by atoms with E-state index in [4.69, 9.17) is 4.42 Å². The summed E-state index contributed by atoms with van der Waals surface area (Å²) in [5.74, 6) is 1.13. The number of aryl methyl sites for hydroxylation is 1. The molecule has 1 atom stereocenters. The molecule has 17 heavy (non-hydrogen) atoms. The second kappa shape index (κ2) is 8.34. The highest BCUT2D eigenvalue weighted by molar-refractivity contribution is 9.09. The average molecular weight is 302 g/mol. The summed E-state index contributed by atoms with van der Waals surface area (Å²) >= 11 is 3.36. The minimum atomic E-state index is 0.151. The van der Waals surface area contributed by atoms with Gasteiger partial charge in [-0.25, -0.2) is 0 Å². The normalized spacial score (nSPS) is 12.4. The van der Waals surface area contributed by atoms with Crippen molar-refractivity contribution in [2.24, 2.45) is 0 Å². The number of unbranched alkanes of at least 4 members (excludes halogenated alkanes) is 1. The van der Waals surface area contributed by atoms with Crippen LogP contribution in [0.25, 0.3) is 0 Å². The summed E-state index contributed by atoms with van der Waals surface area (Å²) in [6, 6.07) is 4.06. The summed E-state index contributed by atoms with van der Waals surface area (Å²) in [5, 5.41) is 3.97. The number of halogens is 1. The Morgan fingerprint density at radius 3 is 3.00 bits per heavy atom. The third-order valence-electron chi connectivity index (χ3n) is 2.60. The maximum absolute atomic E-state index is 11.5. The van der Waals surface area contributed by atoms with Crippen molar-refractivity contribution in [1.82, 2.24) is 5.32 Å². The molecule has 0 saturated carbocycles. The molecule has 1 aromatic rings. The molecular formula is C13H20BrNO2. The zero-order valence-electron chi connectivity index (χ0n) is 10.2. The van der Waals surface area contributed by atoms with Gasteiger partial charge in [0.2, 0.25) is 5.91 Å². The van der Waals surface area contributed by atoms with Crippen molar-refractivity contribution in [3.05, 3.63) is 24.2 Å². The highest BCUT2D eigenvalue weighted by Crippen LogP contribution is 2.06. The molecule has 0 radical (unpaired) electrons. The highest BCUT2D eigenvalue weighted by atomic mass is 79.9. The van der Waals surface area contributed by atoms with Gasteiger partial charge in [-0.15, -0.1) is 0 Å². The molecule has 0 bridgehead atoms. The van der Waals surface area contributed by atoms with Crippen LogP contribution in [0.5, 0.6) is 0 Å². The van der Waals surface area contributed by atoms with E-state index < -0.39 is 0 Å². The van der Waals surface area contributed by atoms with Gasteiger partial charge in [-0.3, -0.25) is 4.79 Å². The van der Waals surface area contributed by atoms with E-state index in [1.165, 1.54) is 0 Å². The summed E-state index contributed by atoms with van der Waals surface area (Å²) in [6.07, 6.45) is 6.08. The van der Waals surface area contributed by atoms with Gasteiger partial charge in [-0.1, -0.05) is 15.9 Å². The largest absolute Gasteiger partial charge is 0.469 e. The zero-order valence-corrected chi connectivity index (χ0v) is 11.8. The first kappa shape index (κ1) is 14.3. The molecule has 1 heterocycles. The molecule has 0 fully saturated rings. The van der Waals surface area contributed by atoms with Crippen LogP contribution in [0.4, 0.5) is 0 Å². The van der Waals surface area contributed by atoms with Crippen LogP contribution in [0.1, 0.15) is 38.4 Å². The molecule has 96 valence electrons. The molecule has 0 aliphatic heterocycles. The lowest BCUT2D eigenvalue weighted by Crippen LogP contribution is -2.32. The van der Waals surface area contributed by atoms with Gasteiger partial charge in [0.05, 0.1) is 6.26 Å². The van der Waals surface area contributed by atoms with Crippen molar-refractivity contribution in [1.29, 1.82) is 0 Å². The zero-order chi connectivity index (χ0) is 12.5. The smallest absolute Gasteiger partial charge is 0.220 e. The van der Waals surface area contributed by atoms with Crippen LogP contribution in [0, 0.1) is 0 Å². The first-order valence-electron chi connectivity index (χ1n) is 6.10. The lowest BCUT2D eigenvalue weighted by molar-refractivity contribution is -0.121. The third-order valence-corrected chi connectivity index (χ3v) is 3.16. The van der Waals surface area contributed by atoms with Crippen LogP contribution in [0.3, 0.4) is 0 Å². The Hall–Kier alpha value is -0.770. The third kappa shape index (κ3) is 6.51. The van der Waals surface area contributed by atoms with E-state index in [9.17, 15) is 4.79 Å². The maximum atomic E-state index is 11.5. The first-order chi connectivity index (χ1) is 8.22. The van der Waals surface area contributed by atoms with Crippen LogP contribution in [0.15, 0.2) is 22.8 Å². The summed E-state index contributed by atoms with van der Waals surface area (Å²) in [6.45, 7) is 2.03. The Bertz CT molecular complexity index is 311. The predicted molar refractivity (Wildman–Crippen MR) is 72.3 cm³/mol. The molecule has 1 amide bonds. The number of carbonyl (C=O) groups is 1. The van der Waals surface area contributed by atoms with Crippen LogP contribution in [-0.4, -0.2) is 17.3 Å². The number of nitrogens with one attached hydrogen (secondary N) is 1. The van der Waals surface area contributed by atoms with E-state index in [1.54, 1.807) is 6.26 Å². The van der Waals surface area contributed by atoms with Crippen molar-refractivity contribution in [3.63, 3.8) is 0 Å². The average Bonchev–Trinajstić information content (AvgIpc) is 2.79. The number of alkyl halides is 1. The number of carbonyl (C=O) groups excluding carboxylic acids is 1. The number of rotatable bonds is 8. The number of hydrogen-bond acceptors (Lipinski definition) is 2. The van der Waals surface area contributed by atoms with E-state index in [0.717, 1.165) is 36.8 Å². The lowest BCUT2D eigenvalue weighted by atomic mass is 10.1. The van der Waals surface area contributed by atoms with Gasteiger partial charge in [0.1, 0.15) is 5.76 Å². The standard InChI is InChI=1S/C13H20BrNO2/c1-11(7-8-12-5-4-10-17-12)15-13(16)6-2-3-9-14/h4-5,10-11H,2-3,6-9H2,1H3,(H,15,16). The molecule has 0 aromatic carbocycles. The molecule has 1 rings (SSSR count). The summed E-state index contributed by atoms with van der Waals surface area (Å²) in [5.41, 5.74) is 0. The Morgan fingerprint density at radius 1 is 1.53 bits per heavy atom. The molecule has 1 aromatic heterocycles. The van der Waals surface area contributed by atoms with Gasteiger partial charge in [0, 0.05) is 24.2 Å². The van der Waals surface area contributed by atoms with E-state index in [2.05, 4.69) is 21.2 Å². The fourth-order valence-corrected chi connectivity index (χ4v) is 2.01. The molecule has 0 aliphatic carbocycles. The fraction of sp³-hybridized carbons (Fsp3) is 0.615. The van der Waals surface area contributed by atoms with Crippen molar-refractivity contribution < 1.29 is 9.21 Å². The SMILES string of the molecule is CC(CCc1ccco1)NC(=O)CCCCBr. The second-order valence-electron chi connectivity index (χ2n) is 4.23. The van der Waals surface area contributed by atoms with Gasteiger partial charge in [0.25, 0.3) is 0 Å². The topological polar surface area (TPSA) is 42.2 Å². The molecule has 0 aliphatic rings. The van der Waals surface area contributed by atoms with Gasteiger partial charge < -0.3 is 9.73 Å². The van der Waals surface area contributed by atoms with Crippen LogP contribution in [0.2, 0.25) is 0 Å². The Kier molecular flexibility index (Phi) is 7.01. The minimum absolute atomic E-state index is 0.151. The first-order valence-corrected chi connectivity index (χ1v) is 7.22. The van der Waals surface area contributed by atoms with Gasteiger partial charge in [-0.05, 0) is 38.3 Å². The van der Waals surface area contributed by atoms with Crippen molar-refractivity contribution in [2.45, 2.75) is 45.1 Å². The number of furan rings is 1. The molecule has 3 nitrogen and oxygen atoms in total. The van der Waals surface area contributed by atoms with Crippen LogP contribution in [-0.2, 0) is 11.2 Å². The molecular weight excluding hydrogens is 282 g/mol. The summed E-state index contributed by atoms with van der Waals surface area (Å²) in [7, 11) is 0. The Morgan fingerprint density at radius 2 is 2.35 bits per heavy atom. The molecule has 1 unspecified atom stereocenters. The maximum Gasteiger partial charge on any atom is 0.220 e. The predicted octanol–water partition coefficient (Wildman–Crippen LogP) is 3.28. The molecule has 1 N–H and O–H groups in total. The van der Waals surface area contributed by atoms with E-state index in [0.29, 0.717) is 6.42 Å². The van der Waals surface area contributed by atoms with E-state index in [1.807, 2.05) is 19.1 Å². The minimum Gasteiger partial charge on any atom is -0.469 e. The van der Waals surface area contributed by atoms with Crippen molar-refractivity contribution in [2.75, 3.05) is 5.33 Å². The molecule has 4 heteroatoms. The van der Waals surface area contributed by atoms with E-state index in [-0.39, 0.29) is 11.9 Å². The van der Waals surface area contributed by atoms with Crippen LogP contribution < -0.4 is 5.32 Å². The molecule has 0 saturated heterocycles. The van der Waals surface area contributed by atoms with E-state index >= 15 is 0 Å². The summed E-state index contributed by atoms with van der Waals surface area (Å²) in [4.78, 5) is 11.5. The number of amides is 1. The molecule has 0 spiro atoms. The Balaban J connectivity index is 2.11. The lowest BCUT2D eigenvalue weighted by Gasteiger charge is -2.12. The Labute approximate surface area is 111 Å². The van der Waals surface area contributed by atoms with Gasteiger partial charge in [0.15, 0.2) is 0 Å². The highest BCUT2D eigenvalue weighted by Gasteiger charge is 2.07. The summed E-state index contributed by atoms with van der Waals surface area (Å²) < 4.78 is 5.25. The van der Waals surface area contributed by atoms with Crippen LogP contribution >= 0.6 is 15.9 Å². The van der Waals surface area contributed by atoms with Gasteiger partial charge in [-0.2, -0.15) is 0 Å². The second-order valence-corrected chi connectivity index (χ2v) is 5.03. The van der Waals surface area contributed by atoms with Crippen molar-refractivity contribution in [3.8, 4) is 0 Å². The van der Waals surface area contributed by atoms with Crippen molar-refractivity contribution >= 4 is 21.8 Å². The fourth-order valence-electron chi connectivity index (χ4n) is 1.61. The number of hydrogen-bond donors (Lipinski definition) is 1. The van der Waals surface area contributed by atoms with Gasteiger partial charge >= 0.3 is 0 Å². The quantitative estimate of drug-likeness (QED) is 0.591.